The molecule has 4 atom stereocenters. The van der Waals surface area contributed by atoms with E-state index in [1.807, 2.05) is 0 Å². The molecule has 2 heteroatoms. The molecule has 1 N–H and O–H groups in total. The van der Waals surface area contributed by atoms with Gasteiger partial charge in [0.05, 0.1) is 11.5 Å². The topological polar surface area (TPSA) is 29.5 Å². The Balaban J connectivity index is 2.62. The molecule has 0 unspecified atom stereocenters. The van der Waals surface area contributed by atoms with E-state index in [-0.39, 0.29) is 16.9 Å². The molecule has 1 aliphatic carbocycles. The van der Waals surface area contributed by atoms with Crippen molar-refractivity contribution in [2.24, 2.45) is 10.8 Å². The van der Waals surface area contributed by atoms with Gasteiger partial charge < -0.3 is 9.84 Å². The third-order valence-corrected chi connectivity index (χ3v) is 5.28. The molecular formula is C12H20O2. The maximum atomic E-state index is 10.3. The number of hydrogen-bond acceptors (Lipinski definition) is 2. The van der Waals surface area contributed by atoms with Gasteiger partial charge in [0.15, 0.2) is 5.79 Å². The lowest BCUT2D eigenvalue weighted by molar-refractivity contribution is -0.215. The van der Waals surface area contributed by atoms with Gasteiger partial charge in [-0.3, -0.25) is 0 Å². The summed E-state index contributed by atoms with van der Waals surface area (Å²) in [7, 11) is 0. The van der Waals surface area contributed by atoms with E-state index in [1.165, 1.54) is 11.1 Å². The van der Waals surface area contributed by atoms with E-state index >= 15 is 0 Å². The molecule has 2 nitrogen and oxygen atoms in total. The molecule has 0 bridgehead atoms. The SMILES string of the molecule is CC1=C(C)[C@@]2(C)[C@H](C)O[C@](C)(O)[C@@]12C. The Morgan fingerprint density at radius 3 is 2.07 bits per heavy atom. The summed E-state index contributed by atoms with van der Waals surface area (Å²) in [5.74, 6) is -1.02. The molecule has 0 saturated carbocycles. The molecule has 0 amide bonds. The summed E-state index contributed by atoms with van der Waals surface area (Å²) in [6.45, 7) is 12.4. The molecule has 1 saturated heterocycles. The summed E-state index contributed by atoms with van der Waals surface area (Å²) in [6.07, 6.45) is 0.0891. The Morgan fingerprint density at radius 2 is 1.64 bits per heavy atom. The molecule has 1 heterocycles. The van der Waals surface area contributed by atoms with Gasteiger partial charge in [-0.05, 0) is 34.6 Å². The van der Waals surface area contributed by atoms with Crippen molar-refractivity contribution in [3.63, 3.8) is 0 Å². The van der Waals surface area contributed by atoms with Crippen molar-refractivity contribution in [1.29, 1.82) is 0 Å². The van der Waals surface area contributed by atoms with Gasteiger partial charge in [0, 0.05) is 5.41 Å². The molecule has 0 radical (unpaired) electrons. The van der Waals surface area contributed by atoms with E-state index < -0.39 is 5.79 Å². The second-order valence-corrected chi connectivity index (χ2v) is 5.32. The van der Waals surface area contributed by atoms with Crippen LogP contribution in [0.3, 0.4) is 0 Å². The number of fused-ring (bicyclic) bond motifs is 1. The van der Waals surface area contributed by atoms with Crippen LogP contribution in [0.5, 0.6) is 0 Å². The zero-order valence-corrected chi connectivity index (χ0v) is 9.93. The van der Waals surface area contributed by atoms with Gasteiger partial charge in [0.2, 0.25) is 0 Å². The highest BCUT2D eigenvalue weighted by Crippen LogP contribution is 2.71. The molecule has 0 aromatic carbocycles. The first kappa shape index (κ1) is 10.2. The Kier molecular flexibility index (Phi) is 1.64. The lowest BCUT2D eigenvalue weighted by Crippen LogP contribution is -2.56. The fraction of sp³-hybridized carbons (Fsp3) is 0.833. The van der Waals surface area contributed by atoms with Crippen LogP contribution in [0, 0.1) is 10.8 Å². The van der Waals surface area contributed by atoms with E-state index in [0.29, 0.717) is 0 Å². The average molecular weight is 196 g/mol. The van der Waals surface area contributed by atoms with Gasteiger partial charge in [0.1, 0.15) is 0 Å². The molecule has 0 aromatic heterocycles. The normalized spacial score (nSPS) is 57.2. The van der Waals surface area contributed by atoms with E-state index in [9.17, 15) is 5.11 Å². The fourth-order valence-corrected chi connectivity index (χ4v) is 3.59. The minimum atomic E-state index is -1.02. The molecule has 2 rings (SSSR count). The second kappa shape index (κ2) is 2.25. The predicted octanol–water partition coefficient (Wildman–Crippen LogP) is 2.48. The molecule has 1 aliphatic heterocycles. The van der Waals surface area contributed by atoms with Crippen molar-refractivity contribution in [2.75, 3.05) is 0 Å². The zero-order valence-electron chi connectivity index (χ0n) is 9.93. The largest absolute Gasteiger partial charge is 0.365 e. The smallest absolute Gasteiger partial charge is 0.173 e. The van der Waals surface area contributed by atoms with Crippen molar-refractivity contribution >= 4 is 0 Å². The Morgan fingerprint density at radius 1 is 1.14 bits per heavy atom. The predicted molar refractivity (Wildman–Crippen MR) is 55.8 cm³/mol. The lowest BCUT2D eigenvalue weighted by atomic mass is 9.46. The standard InChI is InChI=1S/C12H20O2/c1-7-8(2)11(5)10(7,4)9(3)14-12(11,6)13/h9,13H,1-6H3/t9-,10-,11-,12-/m0/s1. The van der Waals surface area contributed by atoms with Crippen LogP contribution < -0.4 is 0 Å². The van der Waals surface area contributed by atoms with Crippen LogP contribution in [0.4, 0.5) is 0 Å². The molecule has 1 fully saturated rings. The van der Waals surface area contributed by atoms with Crippen LogP contribution in [0.25, 0.3) is 0 Å². The minimum absolute atomic E-state index is 0.000579. The van der Waals surface area contributed by atoms with Crippen molar-refractivity contribution in [1.82, 2.24) is 0 Å². The third kappa shape index (κ3) is 0.664. The molecule has 2 aliphatic rings. The second-order valence-electron chi connectivity index (χ2n) is 5.32. The number of rotatable bonds is 0. The maximum Gasteiger partial charge on any atom is 0.173 e. The van der Waals surface area contributed by atoms with Crippen LogP contribution in [0.15, 0.2) is 11.1 Å². The molecule has 0 spiro atoms. The molecule has 0 aromatic rings. The van der Waals surface area contributed by atoms with Crippen molar-refractivity contribution in [3.05, 3.63) is 11.1 Å². The molecular weight excluding hydrogens is 176 g/mol. The summed E-state index contributed by atoms with van der Waals surface area (Å²) in [5.41, 5.74) is 2.45. The van der Waals surface area contributed by atoms with Crippen molar-refractivity contribution in [3.8, 4) is 0 Å². The third-order valence-electron chi connectivity index (χ3n) is 5.28. The van der Waals surface area contributed by atoms with Crippen molar-refractivity contribution in [2.45, 2.75) is 53.4 Å². The highest BCUT2D eigenvalue weighted by atomic mass is 16.6. The summed E-state index contributed by atoms with van der Waals surface area (Å²) < 4.78 is 5.70. The highest BCUT2D eigenvalue weighted by Gasteiger charge is 2.72. The number of ether oxygens (including phenoxy) is 1. The van der Waals surface area contributed by atoms with Gasteiger partial charge in [-0.2, -0.15) is 0 Å². The van der Waals surface area contributed by atoms with Gasteiger partial charge >= 0.3 is 0 Å². The zero-order chi connectivity index (χ0) is 10.9. The van der Waals surface area contributed by atoms with E-state index in [1.54, 1.807) is 6.92 Å². The van der Waals surface area contributed by atoms with Crippen LogP contribution in [-0.2, 0) is 4.74 Å². The minimum Gasteiger partial charge on any atom is -0.365 e. The van der Waals surface area contributed by atoms with E-state index in [2.05, 4.69) is 34.6 Å². The molecule has 80 valence electrons. The maximum absolute atomic E-state index is 10.3. The van der Waals surface area contributed by atoms with Crippen LogP contribution in [0.1, 0.15) is 41.5 Å². The summed E-state index contributed by atoms with van der Waals surface area (Å²) in [6, 6.07) is 0. The fourth-order valence-electron chi connectivity index (χ4n) is 3.59. The Bertz CT molecular complexity index is 329. The molecule has 14 heavy (non-hydrogen) atoms. The monoisotopic (exact) mass is 196 g/mol. The number of aliphatic hydroxyl groups is 1. The van der Waals surface area contributed by atoms with Crippen LogP contribution >= 0.6 is 0 Å². The summed E-state index contributed by atoms with van der Waals surface area (Å²) >= 11 is 0. The van der Waals surface area contributed by atoms with Crippen molar-refractivity contribution < 1.29 is 9.84 Å². The first-order valence-electron chi connectivity index (χ1n) is 5.28. The quantitative estimate of drug-likeness (QED) is 0.603. The summed E-state index contributed by atoms with van der Waals surface area (Å²) in [5, 5.41) is 10.3. The average Bonchev–Trinajstić information content (AvgIpc) is 2.22. The van der Waals surface area contributed by atoms with E-state index in [0.717, 1.165) is 0 Å². The van der Waals surface area contributed by atoms with Gasteiger partial charge in [0.25, 0.3) is 0 Å². The van der Waals surface area contributed by atoms with Gasteiger partial charge in [-0.1, -0.05) is 18.1 Å². The van der Waals surface area contributed by atoms with Gasteiger partial charge in [-0.15, -0.1) is 0 Å². The first-order valence-corrected chi connectivity index (χ1v) is 5.28. The number of hydrogen-bond donors (Lipinski definition) is 1. The van der Waals surface area contributed by atoms with Crippen LogP contribution in [-0.4, -0.2) is 17.0 Å². The lowest BCUT2D eigenvalue weighted by Gasteiger charge is -2.56. The van der Waals surface area contributed by atoms with Gasteiger partial charge in [-0.25, -0.2) is 0 Å². The van der Waals surface area contributed by atoms with E-state index in [4.69, 9.17) is 4.74 Å². The Labute approximate surface area is 86.0 Å². The highest BCUT2D eigenvalue weighted by molar-refractivity contribution is 5.46. The Hall–Kier alpha value is -0.340. The van der Waals surface area contributed by atoms with Crippen LogP contribution in [0.2, 0.25) is 0 Å². The first-order chi connectivity index (χ1) is 6.19. The summed E-state index contributed by atoms with van der Waals surface area (Å²) in [4.78, 5) is 0.